The van der Waals surface area contributed by atoms with Crippen LogP contribution in [0.5, 0.6) is 0 Å². The van der Waals surface area contributed by atoms with Gasteiger partial charge in [0.05, 0.1) is 5.75 Å². The van der Waals surface area contributed by atoms with Gasteiger partial charge < -0.3 is 9.64 Å². The van der Waals surface area contributed by atoms with Crippen molar-refractivity contribution in [1.82, 2.24) is 4.90 Å². The van der Waals surface area contributed by atoms with Crippen molar-refractivity contribution in [2.24, 2.45) is 0 Å². The molecule has 0 bridgehead atoms. The molecule has 0 atom stereocenters. The van der Waals surface area contributed by atoms with E-state index in [2.05, 4.69) is 29.1 Å². The molecule has 6 heteroatoms. The predicted molar refractivity (Wildman–Crippen MR) is 97.5 cm³/mol. The molecule has 0 fully saturated rings. The highest BCUT2D eigenvalue weighted by atomic mass is 79.9. The quantitative estimate of drug-likeness (QED) is 0.362. The fraction of sp³-hybridized carbons (Fsp3) is 0.294. The van der Waals surface area contributed by atoms with Gasteiger partial charge in [0.2, 0.25) is 0 Å². The van der Waals surface area contributed by atoms with E-state index in [1.165, 1.54) is 16.7 Å². The summed E-state index contributed by atoms with van der Waals surface area (Å²) in [5, 5.41) is 0. The van der Waals surface area contributed by atoms with E-state index in [4.69, 9.17) is 4.74 Å². The third-order valence-electron chi connectivity index (χ3n) is 2.89. The van der Waals surface area contributed by atoms with E-state index < -0.39 is 5.97 Å². The van der Waals surface area contributed by atoms with Crippen LogP contribution in [0, 0.1) is 6.92 Å². The summed E-state index contributed by atoms with van der Waals surface area (Å²) in [6, 6.07) is 5.85. The number of hydrogen-bond donors (Lipinski definition) is 0. The fourth-order valence-electron chi connectivity index (χ4n) is 1.78. The van der Waals surface area contributed by atoms with Gasteiger partial charge in [0.1, 0.15) is 0 Å². The van der Waals surface area contributed by atoms with Crippen molar-refractivity contribution in [3.05, 3.63) is 53.5 Å². The Morgan fingerprint density at radius 2 is 1.96 bits per heavy atom. The van der Waals surface area contributed by atoms with Gasteiger partial charge in [-0.3, -0.25) is 9.59 Å². The molecule has 0 aliphatic rings. The van der Waals surface area contributed by atoms with Crippen molar-refractivity contribution in [2.75, 3.05) is 25.4 Å². The first-order valence-electron chi connectivity index (χ1n) is 7.02. The molecule has 23 heavy (non-hydrogen) atoms. The Kier molecular flexibility index (Phi) is 8.73. The van der Waals surface area contributed by atoms with E-state index in [-0.39, 0.29) is 18.3 Å². The molecule has 1 aromatic carbocycles. The van der Waals surface area contributed by atoms with Crippen molar-refractivity contribution in [3.8, 4) is 0 Å². The van der Waals surface area contributed by atoms with Crippen LogP contribution in [0.15, 0.2) is 52.9 Å². The molecule has 1 amide bonds. The lowest BCUT2D eigenvalue weighted by Gasteiger charge is -2.18. The standard InChI is InChI=1S/C17H20BrNO3S/c1-4-8-19(9-5-2)16(20)11-22-17(21)12-23-15-7-6-14(18)10-13(15)3/h4-7,10H,1-2,8-9,11-12H2,3H3. The first kappa shape index (κ1) is 19.5. The molecule has 0 heterocycles. The first-order chi connectivity index (χ1) is 11.0. The molecule has 4 nitrogen and oxygen atoms in total. The number of halogens is 1. The summed E-state index contributed by atoms with van der Waals surface area (Å²) in [6.07, 6.45) is 3.24. The Balaban J connectivity index is 2.42. The van der Waals surface area contributed by atoms with Gasteiger partial charge in [-0.2, -0.15) is 0 Å². The predicted octanol–water partition coefficient (Wildman–Crippen LogP) is 3.59. The SMILES string of the molecule is C=CCN(CC=C)C(=O)COC(=O)CSc1ccc(Br)cc1C. The third-order valence-corrected chi connectivity index (χ3v) is 4.53. The van der Waals surface area contributed by atoms with Crippen LogP contribution in [-0.2, 0) is 14.3 Å². The van der Waals surface area contributed by atoms with Crippen LogP contribution >= 0.6 is 27.7 Å². The van der Waals surface area contributed by atoms with Crippen LogP contribution in [-0.4, -0.2) is 42.2 Å². The number of benzene rings is 1. The van der Waals surface area contributed by atoms with Crippen LogP contribution in [0.4, 0.5) is 0 Å². The summed E-state index contributed by atoms with van der Waals surface area (Å²) in [6.45, 7) is 9.70. The van der Waals surface area contributed by atoms with Crippen LogP contribution in [0.25, 0.3) is 0 Å². The lowest BCUT2D eigenvalue weighted by Crippen LogP contribution is -2.35. The minimum atomic E-state index is -0.414. The molecular weight excluding hydrogens is 378 g/mol. The van der Waals surface area contributed by atoms with E-state index in [9.17, 15) is 9.59 Å². The van der Waals surface area contributed by atoms with Crippen LogP contribution in [0.2, 0.25) is 0 Å². The molecule has 0 unspecified atom stereocenters. The third kappa shape index (κ3) is 7.05. The van der Waals surface area contributed by atoms with Crippen molar-refractivity contribution in [2.45, 2.75) is 11.8 Å². The van der Waals surface area contributed by atoms with E-state index in [1.807, 2.05) is 25.1 Å². The smallest absolute Gasteiger partial charge is 0.316 e. The van der Waals surface area contributed by atoms with E-state index in [1.54, 1.807) is 12.2 Å². The van der Waals surface area contributed by atoms with Gasteiger partial charge >= 0.3 is 5.97 Å². The topological polar surface area (TPSA) is 46.6 Å². The lowest BCUT2D eigenvalue weighted by atomic mass is 10.2. The summed E-state index contributed by atoms with van der Waals surface area (Å²) in [5.74, 6) is -0.510. The zero-order valence-corrected chi connectivity index (χ0v) is 15.5. The minimum Gasteiger partial charge on any atom is -0.455 e. The molecule has 0 aliphatic heterocycles. The number of carbonyl (C=O) groups excluding carboxylic acids is 2. The second kappa shape index (κ2) is 10.3. The number of hydrogen-bond acceptors (Lipinski definition) is 4. The van der Waals surface area contributed by atoms with Crippen LogP contribution in [0.3, 0.4) is 0 Å². The molecule has 0 saturated heterocycles. The van der Waals surface area contributed by atoms with Gasteiger partial charge in [-0.25, -0.2) is 0 Å². The number of aryl methyl sites for hydroxylation is 1. The summed E-state index contributed by atoms with van der Waals surface area (Å²) < 4.78 is 6.03. The van der Waals surface area contributed by atoms with Crippen LogP contribution < -0.4 is 0 Å². The Labute approximate surface area is 149 Å². The second-order valence-electron chi connectivity index (χ2n) is 4.74. The number of rotatable bonds is 9. The van der Waals surface area contributed by atoms with E-state index >= 15 is 0 Å². The summed E-state index contributed by atoms with van der Waals surface area (Å²) in [4.78, 5) is 26.2. The van der Waals surface area contributed by atoms with Gasteiger partial charge in [0, 0.05) is 22.5 Å². The zero-order valence-electron chi connectivity index (χ0n) is 13.1. The maximum absolute atomic E-state index is 11.9. The maximum Gasteiger partial charge on any atom is 0.316 e. The highest BCUT2D eigenvalue weighted by Crippen LogP contribution is 2.25. The number of ether oxygens (including phenoxy) is 1. The van der Waals surface area contributed by atoms with E-state index in [0.717, 1.165) is 14.9 Å². The molecule has 124 valence electrons. The molecular formula is C17H20BrNO3S. The zero-order chi connectivity index (χ0) is 17.2. The van der Waals surface area contributed by atoms with Crippen molar-refractivity contribution in [3.63, 3.8) is 0 Å². The molecule has 0 N–H and O–H groups in total. The highest BCUT2D eigenvalue weighted by molar-refractivity contribution is 9.10. The molecule has 0 aliphatic carbocycles. The van der Waals surface area contributed by atoms with E-state index in [0.29, 0.717) is 13.1 Å². The first-order valence-corrected chi connectivity index (χ1v) is 8.80. The average molecular weight is 398 g/mol. The Morgan fingerprint density at radius 3 is 2.52 bits per heavy atom. The number of carbonyl (C=O) groups is 2. The second-order valence-corrected chi connectivity index (χ2v) is 6.67. The largest absolute Gasteiger partial charge is 0.455 e. The molecule has 1 rings (SSSR count). The number of nitrogens with zero attached hydrogens (tertiary/aromatic N) is 1. The number of amides is 1. The normalized spacial score (nSPS) is 10.0. The monoisotopic (exact) mass is 397 g/mol. The van der Waals surface area contributed by atoms with Gasteiger partial charge in [0.15, 0.2) is 6.61 Å². The maximum atomic E-state index is 11.9. The molecule has 0 saturated carbocycles. The van der Waals surface area contributed by atoms with Crippen molar-refractivity contribution in [1.29, 1.82) is 0 Å². The van der Waals surface area contributed by atoms with Gasteiger partial charge in [-0.05, 0) is 30.7 Å². The Hall–Kier alpha value is -1.53. The van der Waals surface area contributed by atoms with Crippen LogP contribution in [0.1, 0.15) is 5.56 Å². The molecule has 1 aromatic rings. The molecule has 0 radical (unpaired) electrons. The molecule has 0 spiro atoms. The van der Waals surface area contributed by atoms with Gasteiger partial charge in [0.25, 0.3) is 5.91 Å². The van der Waals surface area contributed by atoms with Crippen molar-refractivity contribution < 1.29 is 14.3 Å². The Bertz CT molecular complexity index is 579. The highest BCUT2D eigenvalue weighted by Gasteiger charge is 2.14. The number of thioether (sulfide) groups is 1. The summed E-state index contributed by atoms with van der Waals surface area (Å²) in [7, 11) is 0. The lowest BCUT2D eigenvalue weighted by molar-refractivity contribution is -0.149. The van der Waals surface area contributed by atoms with Crippen molar-refractivity contribution >= 4 is 39.6 Å². The van der Waals surface area contributed by atoms with Gasteiger partial charge in [-0.1, -0.05) is 28.1 Å². The average Bonchev–Trinajstić information content (AvgIpc) is 2.51. The summed E-state index contributed by atoms with van der Waals surface area (Å²) in [5.41, 5.74) is 1.08. The minimum absolute atomic E-state index is 0.165. The molecule has 0 aromatic heterocycles. The number of esters is 1. The Morgan fingerprint density at radius 1 is 1.30 bits per heavy atom. The summed E-state index contributed by atoms with van der Waals surface area (Å²) >= 11 is 4.79. The fourth-order valence-corrected chi connectivity index (χ4v) is 3.06. The van der Waals surface area contributed by atoms with Gasteiger partial charge in [-0.15, -0.1) is 24.9 Å².